The minimum absolute atomic E-state index is 0.0395. The van der Waals surface area contributed by atoms with Gasteiger partial charge in [-0.2, -0.15) is 0 Å². The highest BCUT2D eigenvalue weighted by atomic mass is 35.5. The number of carbonyl (C=O) groups is 2. The number of benzene rings is 1. The summed E-state index contributed by atoms with van der Waals surface area (Å²) in [6.07, 6.45) is 4.43. The van der Waals surface area contributed by atoms with Gasteiger partial charge in [-0.3, -0.25) is 9.59 Å². The zero-order valence-corrected chi connectivity index (χ0v) is 14.0. The molecule has 4 nitrogen and oxygen atoms in total. The molecule has 1 aromatic carbocycles. The number of piperidine rings is 1. The molecule has 1 saturated heterocycles. The van der Waals surface area contributed by atoms with Crippen LogP contribution in [0.1, 0.15) is 31.2 Å². The van der Waals surface area contributed by atoms with Gasteiger partial charge in [0.1, 0.15) is 0 Å². The number of hydrogen-bond donors (Lipinski definition) is 1. The van der Waals surface area contributed by atoms with Crippen molar-refractivity contribution in [2.24, 2.45) is 11.8 Å². The minimum atomic E-state index is 0.0395. The van der Waals surface area contributed by atoms with Crippen molar-refractivity contribution >= 4 is 23.4 Å². The summed E-state index contributed by atoms with van der Waals surface area (Å²) in [5.74, 6) is 0.728. The van der Waals surface area contributed by atoms with E-state index in [0.29, 0.717) is 12.5 Å². The Balaban J connectivity index is 1.38. The number of amides is 2. The van der Waals surface area contributed by atoms with Gasteiger partial charge in [-0.05, 0) is 49.8 Å². The van der Waals surface area contributed by atoms with Gasteiger partial charge in [-0.1, -0.05) is 23.7 Å². The van der Waals surface area contributed by atoms with Gasteiger partial charge in [0.25, 0.3) is 0 Å². The molecular formula is C18H23ClN2O2. The maximum atomic E-state index is 12.2. The number of hydrogen-bond acceptors (Lipinski definition) is 2. The van der Waals surface area contributed by atoms with Crippen LogP contribution in [0.3, 0.4) is 0 Å². The Kier molecular flexibility index (Phi) is 5.21. The first-order valence-corrected chi connectivity index (χ1v) is 8.82. The van der Waals surface area contributed by atoms with Crippen molar-refractivity contribution in [1.29, 1.82) is 0 Å². The Morgan fingerprint density at radius 2 is 1.87 bits per heavy atom. The molecule has 0 aromatic heterocycles. The first-order chi connectivity index (χ1) is 11.1. The Hall–Kier alpha value is -1.55. The number of nitrogens with zero attached hydrogens (tertiary/aromatic N) is 1. The summed E-state index contributed by atoms with van der Waals surface area (Å²) in [5.41, 5.74) is 1.13. The number of likely N-dealkylation sites (tertiary alicyclic amines) is 1. The molecule has 1 saturated carbocycles. The summed E-state index contributed by atoms with van der Waals surface area (Å²) in [5, 5.41) is 3.74. The fourth-order valence-electron chi connectivity index (χ4n) is 3.12. The fraction of sp³-hybridized carbons (Fsp3) is 0.556. The molecule has 124 valence electrons. The van der Waals surface area contributed by atoms with Crippen molar-refractivity contribution < 1.29 is 9.59 Å². The van der Waals surface area contributed by atoms with E-state index in [1.807, 2.05) is 29.2 Å². The molecule has 1 aliphatic carbocycles. The van der Waals surface area contributed by atoms with E-state index in [-0.39, 0.29) is 17.7 Å². The van der Waals surface area contributed by atoms with Crippen molar-refractivity contribution in [2.75, 3.05) is 19.6 Å². The van der Waals surface area contributed by atoms with Crippen molar-refractivity contribution in [1.82, 2.24) is 10.2 Å². The third-order valence-corrected chi connectivity index (χ3v) is 4.94. The molecule has 1 aromatic rings. The van der Waals surface area contributed by atoms with E-state index in [1.165, 1.54) is 0 Å². The highest BCUT2D eigenvalue weighted by Gasteiger charge is 2.35. The zero-order chi connectivity index (χ0) is 16.2. The van der Waals surface area contributed by atoms with Gasteiger partial charge in [0.05, 0.1) is 0 Å². The van der Waals surface area contributed by atoms with Crippen LogP contribution in [0.25, 0.3) is 0 Å². The van der Waals surface area contributed by atoms with Crippen LogP contribution in [-0.2, 0) is 16.0 Å². The van der Waals surface area contributed by atoms with Crippen molar-refractivity contribution in [3.8, 4) is 0 Å². The second kappa shape index (κ2) is 7.35. The molecule has 1 N–H and O–H groups in total. The van der Waals surface area contributed by atoms with E-state index in [4.69, 9.17) is 11.6 Å². The molecule has 2 amide bonds. The number of carbonyl (C=O) groups excluding carboxylic acids is 2. The SMILES string of the molecule is O=C(NCCc1cccc(Cl)c1)C1CCN(C(=O)C2CC2)CC1. The molecule has 2 fully saturated rings. The van der Waals surface area contributed by atoms with E-state index in [9.17, 15) is 9.59 Å². The topological polar surface area (TPSA) is 49.4 Å². The molecule has 0 bridgehead atoms. The Labute approximate surface area is 142 Å². The first kappa shape index (κ1) is 16.3. The third kappa shape index (κ3) is 4.47. The average molecular weight is 335 g/mol. The molecule has 3 rings (SSSR count). The van der Waals surface area contributed by atoms with E-state index in [2.05, 4.69) is 5.32 Å². The number of rotatable bonds is 5. The Morgan fingerprint density at radius 3 is 2.52 bits per heavy atom. The van der Waals surface area contributed by atoms with Gasteiger partial charge in [0.15, 0.2) is 0 Å². The quantitative estimate of drug-likeness (QED) is 0.900. The van der Waals surface area contributed by atoms with E-state index in [1.54, 1.807) is 0 Å². The Morgan fingerprint density at radius 1 is 1.13 bits per heavy atom. The minimum Gasteiger partial charge on any atom is -0.356 e. The van der Waals surface area contributed by atoms with Crippen LogP contribution in [-0.4, -0.2) is 36.3 Å². The summed E-state index contributed by atoms with van der Waals surface area (Å²) in [4.78, 5) is 26.2. The van der Waals surface area contributed by atoms with Crippen LogP contribution in [0.2, 0.25) is 5.02 Å². The van der Waals surface area contributed by atoms with Gasteiger partial charge < -0.3 is 10.2 Å². The van der Waals surface area contributed by atoms with Gasteiger partial charge in [-0.15, -0.1) is 0 Å². The lowest BCUT2D eigenvalue weighted by molar-refractivity contribution is -0.136. The van der Waals surface area contributed by atoms with E-state index >= 15 is 0 Å². The standard InChI is InChI=1S/C18H23ClN2O2/c19-16-3-1-2-13(12-16)6-9-20-17(22)14-7-10-21(11-8-14)18(23)15-4-5-15/h1-3,12,14-15H,4-11H2,(H,20,22). The molecule has 1 aliphatic heterocycles. The van der Waals surface area contributed by atoms with Gasteiger partial charge in [0, 0.05) is 36.5 Å². The smallest absolute Gasteiger partial charge is 0.225 e. The predicted octanol–water partition coefficient (Wildman–Crippen LogP) is 2.65. The maximum Gasteiger partial charge on any atom is 0.225 e. The summed E-state index contributed by atoms with van der Waals surface area (Å²) >= 11 is 5.95. The summed E-state index contributed by atoms with van der Waals surface area (Å²) < 4.78 is 0. The number of halogens is 1. The maximum absolute atomic E-state index is 12.2. The van der Waals surface area contributed by atoms with Crippen molar-refractivity contribution in [3.63, 3.8) is 0 Å². The van der Waals surface area contributed by atoms with E-state index < -0.39 is 0 Å². The highest BCUT2D eigenvalue weighted by molar-refractivity contribution is 6.30. The molecule has 23 heavy (non-hydrogen) atoms. The molecule has 1 heterocycles. The summed E-state index contributed by atoms with van der Waals surface area (Å²) in [6.45, 7) is 2.07. The molecule has 2 aliphatic rings. The largest absolute Gasteiger partial charge is 0.356 e. The molecule has 5 heteroatoms. The van der Waals surface area contributed by atoms with Crippen molar-refractivity contribution in [2.45, 2.75) is 32.1 Å². The van der Waals surface area contributed by atoms with Crippen LogP contribution in [0, 0.1) is 11.8 Å². The van der Waals surface area contributed by atoms with E-state index in [0.717, 1.165) is 55.8 Å². The van der Waals surface area contributed by atoms with Crippen LogP contribution >= 0.6 is 11.6 Å². The average Bonchev–Trinajstić information content (AvgIpc) is 3.39. The van der Waals surface area contributed by atoms with Crippen LogP contribution < -0.4 is 5.32 Å². The zero-order valence-electron chi connectivity index (χ0n) is 13.3. The van der Waals surface area contributed by atoms with Crippen LogP contribution in [0.4, 0.5) is 0 Å². The van der Waals surface area contributed by atoms with Crippen LogP contribution in [0.5, 0.6) is 0 Å². The predicted molar refractivity (Wildman–Crippen MR) is 90.2 cm³/mol. The molecule has 0 unspecified atom stereocenters. The Bertz CT molecular complexity index is 578. The second-order valence-electron chi connectivity index (χ2n) is 6.54. The van der Waals surface area contributed by atoms with Crippen LogP contribution in [0.15, 0.2) is 24.3 Å². The lowest BCUT2D eigenvalue weighted by Gasteiger charge is -2.31. The lowest BCUT2D eigenvalue weighted by Crippen LogP contribution is -2.43. The number of nitrogens with one attached hydrogen (secondary N) is 1. The molecular weight excluding hydrogens is 312 g/mol. The molecule has 0 radical (unpaired) electrons. The second-order valence-corrected chi connectivity index (χ2v) is 6.98. The molecule has 0 atom stereocenters. The first-order valence-electron chi connectivity index (χ1n) is 8.44. The highest BCUT2D eigenvalue weighted by Crippen LogP contribution is 2.32. The van der Waals surface area contributed by atoms with Crippen molar-refractivity contribution in [3.05, 3.63) is 34.9 Å². The summed E-state index contributed by atoms with van der Waals surface area (Å²) in [7, 11) is 0. The van der Waals surface area contributed by atoms with Gasteiger partial charge in [-0.25, -0.2) is 0 Å². The third-order valence-electron chi connectivity index (χ3n) is 4.71. The van der Waals surface area contributed by atoms with Gasteiger partial charge in [0.2, 0.25) is 11.8 Å². The lowest BCUT2D eigenvalue weighted by atomic mass is 9.95. The normalized spacial score (nSPS) is 18.7. The summed E-state index contributed by atoms with van der Waals surface area (Å²) in [6, 6.07) is 7.71. The monoisotopic (exact) mass is 334 g/mol. The molecule has 0 spiro atoms. The van der Waals surface area contributed by atoms with Gasteiger partial charge >= 0.3 is 0 Å². The fourth-order valence-corrected chi connectivity index (χ4v) is 3.33.